The lowest BCUT2D eigenvalue weighted by atomic mass is 10.2. The molecular formula is C24H21Br2ClN2O4. The van der Waals surface area contributed by atoms with Gasteiger partial charge in [0.25, 0.3) is 5.91 Å². The highest BCUT2D eigenvalue weighted by atomic mass is 79.9. The molecule has 0 aliphatic carbocycles. The molecule has 1 N–H and O–H groups in total. The van der Waals surface area contributed by atoms with Crippen LogP contribution in [0.3, 0.4) is 0 Å². The molecule has 0 aliphatic heterocycles. The van der Waals surface area contributed by atoms with E-state index in [1.165, 1.54) is 13.3 Å². The van der Waals surface area contributed by atoms with Crippen LogP contribution >= 0.6 is 43.5 Å². The quantitative estimate of drug-likeness (QED) is 0.223. The summed E-state index contributed by atoms with van der Waals surface area (Å²) in [4.78, 5) is 12.6. The van der Waals surface area contributed by atoms with Crippen LogP contribution in [-0.4, -0.2) is 25.8 Å². The highest BCUT2D eigenvalue weighted by molar-refractivity contribution is 9.11. The summed E-state index contributed by atoms with van der Waals surface area (Å²) in [5.74, 6) is 1.22. The molecule has 0 spiro atoms. The number of halogens is 3. The molecule has 0 radical (unpaired) electrons. The SMILES string of the molecule is CCOc1ccc(C(=O)N/N=C/c2cc(Br)cc(Br)c2OCc2ccccc2Cl)cc1OC. The number of carbonyl (C=O) groups is 1. The van der Waals surface area contributed by atoms with Crippen molar-refractivity contribution in [1.29, 1.82) is 0 Å². The minimum Gasteiger partial charge on any atom is -0.493 e. The molecule has 0 saturated heterocycles. The average molecular weight is 597 g/mol. The largest absolute Gasteiger partial charge is 0.493 e. The van der Waals surface area contributed by atoms with E-state index < -0.39 is 0 Å². The summed E-state index contributed by atoms with van der Waals surface area (Å²) in [6.45, 7) is 2.65. The standard InChI is InChI=1S/C24H21Br2ClN2O4/c1-3-32-21-9-8-15(11-22(21)31-2)24(30)29-28-13-17-10-18(25)12-19(26)23(17)33-14-16-6-4-5-7-20(16)27/h4-13H,3,14H2,1-2H3,(H,29,30)/b28-13+. The number of hydrogen-bond donors (Lipinski definition) is 1. The minimum atomic E-state index is -0.389. The first-order chi connectivity index (χ1) is 15.9. The van der Waals surface area contributed by atoms with Crippen molar-refractivity contribution in [2.24, 2.45) is 5.10 Å². The Bertz CT molecular complexity index is 1170. The number of methoxy groups -OCH3 is 1. The van der Waals surface area contributed by atoms with Crippen molar-refractivity contribution in [3.63, 3.8) is 0 Å². The predicted molar refractivity (Wildman–Crippen MR) is 137 cm³/mol. The lowest BCUT2D eigenvalue weighted by Crippen LogP contribution is -2.17. The van der Waals surface area contributed by atoms with Gasteiger partial charge in [0.1, 0.15) is 12.4 Å². The van der Waals surface area contributed by atoms with Gasteiger partial charge in [-0.2, -0.15) is 5.10 Å². The Morgan fingerprint density at radius 2 is 1.88 bits per heavy atom. The number of ether oxygens (including phenoxy) is 3. The van der Waals surface area contributed by atoms with Crippen LogP contribution in [0.4, 0.5) is 0 Å². The summed E-state index contributed by atoms with van der Waals surface area (Å²) in [5.41, 5.74) is 4.43. The molecule has 0 fully saturated rings. The van der Waals surface area contributed by atoms with Gasteiger partial charge in [-0.1, -0.05) is 45.7 Å². The van der Waals surface area contributed by atoms with Crippen LogP contribution in [0, 0.1) is 0 Å². The molecule has 33 heavy (non-hydrogen) atoms. The summed E-state index contributed by atoms with van der Waals surface area (Å²) in [7, 11) is 1.52. The van der Waals surface area contributed by atoms with Crippen molar-refractivity contribution in [3.8, 4) is 17.2 Å². The minimum absolute atomic E-state index is 0.277. The first-order valence-electron chi connectivity index (χ1n) is 9.92. The van der Waals surface area contributed by atoms with Gasteiger partial charge >= 0.3 is 0 Å². The maximum Gasteiger partial charge on any atom is 0.271 e. The van der Waals surface area contributed by atoms with Gasteiger partial charge in [0.2, 0.25) is 0 Å². The van der Waals surface area contributed by atoms with E-state index in [0.717, 1.165) is 14.5 Å². The first kappa shape index (κ1) is 25.1. The highest BCUT2D eigenvalue weighted by Gasteiger charge is 2.12. The smallest absolute Gasteiger partial charge is 0.271 e. The van der Waals surface area contributed by atoms with Crippen LogP contribution in [0.5, 0.6) is 17.2 Å². The molecule has 0 unspecified atom stereocenters. The Morgan fingerprint density at radius 3 is 2.61 bits per heavy atom. The van der Waals surface area contributed by atoms with Gasteiger partial charge in [-0.3, -0.25) is 4.79 Å². The summed E-state index contributed by atoms with van der Waals surface area (Å²) >= 11 is 13.2. The topological polar surface area (TPSA) is 69.2 Å². The molecule has 1 amide bonds. The highest BCUT2D eigenvalue weighted by Crippen LogP contribution is 2.33. The number of amides is 1. The zero-order chi connectivity index (χ0) is 23.8. The predicted octanol–water partition coefficient (Wildman–Crippen LogP) is 6.62. The average Bonchev–Trinajstić information content (AvgIpc) is 2.79. The Kier molecular flexibility index (Phi) is 9.17. The van der Waals surface area contributed by atoms with Gasteiger partial charge in [0.05, 0.1) is 24.4 Å². The third-order valence-electron chi connectivity index (χ3n) is 4.46. The van der Waals surface area contributed by atoms with Crippen LogP contribution in [0.2, 0.25) is 5.02 Å². The molecule has 0 aliphatic rings. The molecule has 3 aromatic carbocycles. The lowest BCUT2D eigenvalue weighted by Gasteiger charge is -2.13. The second kappa shape index (κ2) is 12.1. The monoisotopic (exact) mass is 594 g/mol. The Hall–Kier alpha value is -2.55. The molecule has 0 atom stereocenters. The number of nitrogens with one attached hydrogen (secondary N) is 1. The fourth-order valence-corrected chi connectivity index (χ4v) is 4.47. The zero-order valence-electron chi connectivity index (χ0n) is 17.9. The van der Waals surface area contributed by atoms with E-state index in [2.05, 4.69) is 42.4 Å². The number of rotatable bonds is 9. The van der Waals surface area contributed by atoms with Crippen LogP contribution in [-0.2, 0) is 6.61 Å². The van der Waals surface area contributed by atoms with Crippen LogP contribution in [0.1, 0.15) is 28.4 Å². The number of nitrogens with zero attached hydrogens (tertiary/aromatic N) is 1. The van der Waals surface area contributed by atoms with Gasteiger partial charge in [-0.15, -0.1) is 0 Å². The molecule has 0 saturated carbocycles. The van der Waals surface area contributed by atoms with E-state index >= 15 is 0 Å². The molecule has 6 nitrogen and oxygen atoms in total. The molecular weight excluding hydrogens is 576 g/mol. The molecule has 3 aromatic rings. The van der Waals surface area contributed by atoms with Crippen molar-refractivity contribution < 1.29 is 19.0 Å². The molecule has 9 heteroatoms. The maximum absolute atomic E-state index is 12.6. The molecule has 172 valence electrons. The van der Waals surface area contributed by atoms with Gasteiger partial charge in [0, 0.05) is 26.2 Å². The summed E-state index contributed by atoms with van der Waals surface area (Å²) in [6.07, 6.45) is 1.52. The van der Waals surface area contributed by atoms with Crippen molar-refractivity contribution in [1.82, 2.24) is 5.43 Å². The number of carbonyl (C=O) groups excluding carboxylic acids is 1. The van der Waals surface area contributed by atoms with Gasteiger partial charge in [0.15, 0.2) is 11.5 Å². The Balaban J connectivity index is 1.75. The summed E-state index contributed by atoms with van der Waals surface area (Å²) < 4.78 is 18.3. The third-order valence-corrected chi connectivity index (χ3v) is 5.88. The zero-order valence-corrected chi connectivity index (χ0v) is 21.8. The molecule has 0 heterocycles. The second-order valence-corrected chi connectivity index (χ2v) is 8.86. The third kappa shape index (κ3) is 6.72. The first-order valence-corrected chi connectivity index (χ1v) is 11.9. The van der Waals surface area contributed by atoms with Crippen molar-refractivity contribution >= 4 is 55.6 Å². The van der Waals surface area contributed by atoms with Crippen LogP contribution in [0.25, 0.3) is 0 Å². The van der Waals surface area contributed by atoms with Gasteiger partial charge < -0.3 is 14.2 Å². The van der Waals surface area contributed by atoms with E-state index in [1.54, 1.807) is 18.2 Å². The number of benzene rings is 3. The van der Waals surface area contributed by atoms with Crippen LogP contribution < -0.4 is 19.6 Å². The van der Waals surface area contributed by atoms with Gasteiger partial charge in [-0.05, 0) is 59.3 Å². The Morgan fingerprint density at radius 1 is 1.09 bits per heavy atom. The molecule has 0 aromatic heterocycles. The van der Waals surface area contributed by atoms with E-state index in [0.29, 0.717) is 40.0 Å². The fraction of sp³-hybridized carbons (Fsp3) is 0.167. The van der Waals surface area contributed by atoms with E-state index in [-0.39, 0.29) is 12.5 Å². The molecule has 0 bridgehead atoms. The summed E-state index contributed by atoms with van der Waals surface area (Å²) in [6, 6.07) is 16.1. The van der Waals surface area contributed by atoms with Crippen molar-refractivity contribution in [2.75, 3.05) is 13.7 Å². The van der Waals surface area contributed by atoms with Crippen molar-refractivity contribution in [2.45, 2.75) is 13.5 Å². The maximum atomic E-state index is 12.6. The van der Waals surface area contributed by atoms with E-state index in [9.17, 15) is 4.79 Å². The fourth-order valence-electron chi connectivity index (χ4n) is 2.90. The second-order valence-electron chi connectivity index (χ2n) is 6.68. The Labute approximate surface area is 214 Å². The van der Waals surface area contributed by atoms with Gasteiger partial charge in [-0.25, -0.2) is 5.43 Å². The normalized spacial score (nSPS) is 10.8. The number of hydrogen-bond acceptors (Lipinski definition) is 5. The van der Waals surface area contributed by atoms with E-state index in [1.807, 2.05) is 43.3 Å². The lowest BCUT2D eigenvalue weighted by molar-refractivity contribution is 0.0954. The van der Waals surface area contributed by atoms with Crippen LogP contribution in [0.15, 0.2) is 68.6 Å². The van der Waals surface area contributed by atoms with E-state index in [4.69, 9.17) is 25.8 Å². The molecule has 3 rings (SSSR count). The number of hydrazone groups is 1. The van der Waals surface area contributed by atoms with Crippen molar-refractivity contribution in [3.05, 3.63) is 85.3 Å². The summed E-state index contributed by atoms with van der Waals surface area (Å²) in [5, 5.41) is 4.73.